The molecule has 1 atom stereocenters. The fraction of sp³-hybridized carbons (Fsp3) is 0.174. The number of rotatable bonds is 3. The van der Waals surface area contributed by atoms with Crippen molar-refractivity contribution >= 4 is 33.3 Å². The van der Waals surface area contributed by atoms with Crippen molar-refractivity contribution in [2.75, 3.05) is 12.0 Å². The van der Waals surface area contributed by atoms with Crippen LogP contribution >= 0.6 is 11.3 Å². The highest BCUT2D eigenvalue weighted by Crippen LogP contribution is 2.43. The first kappa shape index (κ1) is 18.6. The van der Waals surface area contributed by atoms with E-state index in [9.17, 15) is 9.59 Å². The molecular weight excluding hydrogens is 400 g/mol. The largest absolute Gasteiger partial charge is 0.497 e. The first-order valence-electron chi connectivity index (χ1n) is 9.47. The van der Waals surface area contributed by atoms with Gasteiger partial charge in [0.2, 0.25) is 5.76 Å². The molecule has 0 spiro atoms. The number of amides is 1. The monoisotopic (exact) mass is 418 g/mol. The second kappa shape index (κ2) is 6.81. The fourth-order valence-electron chi connectivity index (χ4n) is 3.80. The molecule has 2 aromatic carbocycles. The number of hydrogen-bond acceptors (Lipinski definition) is 6. The van der Waals surface area contributed by atoms with Crippen LogP contribution in [0.25, 0.3) is 11.0 Å². The van der Waals surface area contributed by atoms with Crippen molar-refractivity contribution in [1.82, 2.24) is 4.98 Å². The molecule has 0 radical (unpaired) electrons. The third kappa shape index (κ3) is 2.66. The molecule has 4 aromatic rings. The van der Waals surface area contributed by atoms with Crippen LogP contribution in [-0.2, 0) is 0 Å². The number of nitrogens with zero attached hydrogens (tertiary/aromatic N) is 2. The fourth-order valence-corrected chi connectivity index (χ4v) is 4.74. The topological polar surface area (TPSA) is 72.6 Å². The summed E-state index contributed by atoms with van der Waals surface area (Å²) in [7, 11) is 1.58. The lowest BCUT2D eigenvalue weighted by Crippen LogP contribution is -2.29. The number of methoxy groups -OCH3 is 1. The van der Waals surface area contributed by atoms with E-state index in [1.165, 1.54) is 11.3 Å². The standard InChI is InChI=1S/C23H18N2O4S/c1-12-13(2)30-23(24-12)25-19(14-7-6-8-15(11-14)28-3)18-20(26)16-9-4-5-10-17(16)29-21(18)22(25)27/h4-11,19H,1-3H3/t19-/m0/s1. The number of benzene rings is 2. The number of aromatic nitrogens is 1. The number of thiazole rings is 1. The Kier molecular flexibility index (Phi) is 4.22. The van der Waals surface area contributed by atoms with Gasteiger partial charge in [0.25, 0.3) is 5.91 Å². The second-order valence-corrected chi connectivity index (χ2v) is 8.34. The average molecular weight is 418 g/mol. The van der Waals surface area contributed by atoms with Gasteiger partial charge >= 0.3 is 0 Å². The normalized spacial score (nSPS) is 15.6. The smallest absolute Gasteiger partial charge is 0.297 e. The summed E-state index contributed by atoms with van der Waals surface area (Å²) in [4.78, 5) is 34.1. The molecule has 0 aliphatic carbocycles. The molecule has 5 rings (SSSR count). The maximum atomic E-state index is 13.5. The van der Waals surface area contributed by atoms with Crippen molar-refractivity contribution in [3.05, 3.63) is 86.2 Å². The SMILES string of the molecule is COc1cccc([C@H]2c3c(oc4ccccc4c3=O)C(=O)N2c2nc(C)c(C)s2)c1. The van der Waals surface area contributed by atoms with E-state index < -0.39 is 6.04 Å². The highest BCUT2D eigenvalue weighted by atomic mass is 32.1. The molecule has 7 heteroatoms. The molecule has 30 heavy (non-hydrogen) atoms. The summed E-state index contributed by atoms with van der Waals surface area (Å²) in [6, 6.07) is 13.7. The molecule has 2 aromatic heterocycles. The molecule has 1 aliphatic heterocycles. The van der Waals surface area contributed by atoms with Crippen molar-refractivity contribution in [1.29, 1.82) is 0 Å². The number of para-hydroxylation sites is 1. The lowest BCUT2D eigenvalue weighted by atomic mass is 9.98. The Labute approximate surface area is 176 Å². The molecule has 0 unspecified atom stereocenters. The van der Waals surface area contributed by atoms with Crippen LogP contribution in [0.15, 0.2) is 57.7 Å². The van der Waals surface area contributed by atoms with Crippen molar-refractivity contribution in [3.63, 3.8) is 0 Å². The minimum Gasteiger partial charge on any atom is -0.497 e. The molecule has 1 amide bonds. The van der Waals surface area contributed by atoms with E-state index in [-0.39, 0.29) is 17.1 Å². The minimum atomic E-state index is -0.645. The number of carbonyl (C=O) groups excluding carboxylic acids is 1. The van der Waals surface area contributed by atoms with Crippen LogP contribution in [0.5, 0.6) is 5.75 Å². The van der Waals surface area contributed by atoms with Crippen molar-refractivity contribution in [2.45, 2.75) is 19.9 Å². The maximum Gasteiger partial charge on any atom is 0.297 e. The third-order valence-electron chi connectivity index (χ3n) is 5.41. The lowest BCUT2D eigenvalue weighted by Gasteiger charge is -2.22. The molecule has 0 saturated carbocycles. The van der Waals surface area contributed by atoms with Crippen molar-refractivity contribution in [3.8, 4) is 5.75 Å². The number of hydrogen-bond donors (Lipinski definition) is 0. The summed E-state index contributed by atoms with van der Waals surface area (Å²) in [6.45, 7) is 3.86. The zero-order chi connectivity index (χ0) is 21.0. The van der Waals surface area contributed by atoms with E-state index in [4.69, 9.17) is 9.15 Å². The van der Waals surface area contributed by atoms with Crippen LogP contribution in [0.1, 0.15) is 38.3 Å². The van der Waals surface area contributed by atoms with E-state index in [1.54, 1.807) is 36.3 Å². The van der Waals surface area contributed by atoms with E-state index in [0.717, 1.165) is 16.1 Å². The summed E-state index contributed by atoms with van der Waals surface area (Å²) < 4.78 is 11.3. The summed E-state index contributed by atoms with van der Waals surface area (Å²) in [5, 5.41) is 0.989. The Morgan fingerprint density at radius 3 is 2.63 bits per heavy atom. The molecule has 150 valence electrons. The van der Waals surface area contributed by atoms with E-state index >= 15 is 0 Å². The zero-order valence-corrected chi connectivity index (χ0v) is 17.4. The average Bonchev–Trinajstić information content (AvgIpc) is 3.24. The van der Waals surface area contributed by atoms with Crippen LogP contribution in [0.3, 0.4) is 0 Å². The molecule has 0 bridgehead atoms. The lowest BCUT2D eigenvalue weighted by molar-refractivity contribution is 0.0971. The van der Waals surface area contributed by atoms with Gasteiger partial charge < -0.3 is 9.15 Å². The van der Waals surface area contributed by atoms with Gasteiger partial charge in [0, 0.05) is 4.88 Å². The van der Waals surface area contributed by atoms with Gasteiger partial charge in [0.1, 0.15) is 11.3 Å². The van der Waals surface area contributed by atoms with Crippen LogP contribution in [-0.4, -0.2) is 18.0 Å². The van der Waals surface area contributed by atoms with E-state index in [0.29, 0.717) is 27.4 Å². The molecule has 3 heterocycles. The van der Waals surface area contributed by atoms with Crippen LogP contribution < -0.4 is 15.1 Å². The van der Waals surface area contributed by atoms with Crippen LogP contribution in [0, 0.1) is 13.8 Å². The maximum absolute atomic E-state index is 13.5. The summed E-state index contributed by atoms with van der Waals surface area (Å²) >= 11 is 1.42. The van der Waals surface area contributed by atoms with Crippen molar-refractivity contribution in [2.24, 2.45) is 0 Å². The third-order valence-corrected chi connectivity index (χ3v) is 6.48. The summed E-state index contributed by atoms with van der Waals surface area (Å²) in [5.41, 5.74) is 2.13. The number of carbonyl (C=O) groups is 1. The van der Waals surface area contributed by atoms with Gasteiger partial charge in [-0.1, -0.05) is 24.3 Å². The van der Waals surface area contributed by atoms with Gasteiger partial charge in [-0.05, 0) is 43.7 Å². The highest BCUT2D eigenvalue weighted by molar-refractivity contribution is 7.15. The summed E-state index contributed by atoms with van der Waals surface area (Å²) in [6.07, 6.45) is 0. The Morgan fingerprint density at radius 2 is 1.90 bits per heavy atom. The molecule has 6 nitrogen and oxygen atoms in total. The number of fused-ring (bicyclic) bond motifs is 2. The molecular formula is C23H18N2O4S. The first-order chi connectivity index (χ1) is 14.5. The highest BCUT2D eigenvalue weighted by Gasteiger charge is 2.45. The van der Waals surface area contributed by atoms with Gasteiger partial charge in [-0.2, -0.15) is 0 Å². The van der Waals surface area contributed by atoms with Gasteiger partial charge in [-0.15, -0.1) is 11.3 Å². The Bertz CT molecular complexity index is 1350. The predicted molar refractivity (Wildman–Crippen MR) is 116 cm³/mol. The molecule has 0 fully saturated rings. The Morgan fingerprint density at radius 1 is 1.10 bits per heavy atom. The number of ether oxygens (including phenoxy) is 1. The van der Waals surface area contributed by atoms with Gasteiger partial charge in [0.15, 0.2) is 10.6 Å². The summed E-state index contributed by atoms with van der Waals surface area (Å²) in [5.74, 6) is 0.344. The second-order valence-electron chi connectivity index (χ2n) is 7.16. The Hall–Kier alpha value is -3.45. The zero-order valence-electron chi connectivity index (χ0n) is 16.6. The van der Waals surface area contributed by atoms with Crippen LogP contribution in [0.2, 0.25) is 0 Å². The van der Waals surface area contributed by atoms with E-state index in [2.05, 4.69) is 4.98 Å². The molecule has 0 N–H and O–H groups in total. The quantitative estimate of drug-likeness (QED) is 0.485. The predicted octanol–water partition coefficient (Wildman–Crippen LogP) is 4.62. The van der Waals surface area contributed by atoms with E-state index in [1.807, 2.05) is 38.1 Å². The molecule has 1 aliphatic rings. The first-order valence-corrected chi connectivity index (χ1v) is 10.3. The van der Waals surface area contributed by atoms with Crippen molar-refractivity contribution < 1.29 is 13.9 Å². The number of anilines is 1. The number of aryl methyl sites for hydroxylation is 2. The minimum absolute atomic E-state index is 0.0667. The van der Waals surface area contributed by atoms with Gasteiger partial charge in [-0.3, -0.25) is 14.5 Å². The van der Waals surface area contributed by atoms with Crippen LogP contribution in [0.4, 0.5) is 5.13 Å². The van der Waals surface area contributed by atoms with Gasteiger partial charge in [-0.25, -0.2) is 4.98 Å². The van der Waals surface area contributed by atoms with Gasteiger partial charge in [0.05, 0.1) is 29.8 Å². The molecule has 0 saturated heterocycles. The Balaban J connectivity index is 1.82.